The minimum Gasteiger partial charge on any atom is -0.399 e. The van der Waals surface area contributed by atoms with Gasteiger partial charge in [0, 0.05) is 5.69 Å². The van der Waals surface area contributed by atoms with Gasteiger partial charge < -0.3 is 10.8 Å². The van der Waals surface area contributed by atoms with Crippen molar-refractivity contribution in [1.82, 2.24) is 0 Å². The first-order valence-corrected chi connectivity index (χ1v) is 5.77. The van der Waals surface area contributed by atoms with E-state index >= 15 is 0 Å². The predicted octanol–water partition coefficient (Wildman–Crippen LogP) is 3.54. The van der Waals surface area contributed by atoms with E-state index in [1.807, 2.05) is 42.5 Å². The number of aliphatic hydroxyl groups is 1. The lowest BCUT2D eigenvalue weighted by Crippen LogP contribution is -1.89. The van der Waals surface area contributed by atoms with Gasteiger partial charge in [-0.2, -0.15) is 0 Å². The summed E-state index contributed by atoms with van der Waals surface area (Å²) >= 11 is 0. The number of aryl methyl sites for hydroxylation is 1. The quantitative estimate of drug-likeness (QED) is 0.624. The van der Waals surface area contributed by atoms with E-state index in [0.717, 1.165) is 22.4 Å². The maximum absolute atomic E-state index is 9.12. The zero-order valence-electron chi connectivity index (χ0n) is 10.7. The zero-order valence-corrected chi connectivity index (χ0v) is 10.7. The molecule has 0 aliphatic heterocycles. The minimum atomic E-state index is 0.0717. The molecule has 0 unspecified atom stereocenters. The number of anilines is 1. The number of hydrogen-bond acceptors (Lipinski definition) is 2. The van der Waals surface area contributed by atoms with Gasteiger partial charge in [-0.25, -0.2) is 0 Å². The van der Waals surface area contributed by atoms with E-state index in [0.29, 0.717) is 0 Å². The van der Waals surface area contributed by atoms with Crippen LogP contribution in [0.2, 0.25) is 0 Å². The Morgan fingerprint density at radius 3 is 2.22 bits per heavy atom. The molecule has 2 nitrogen and oxygen atoms in total. The number of benzene rings is 2. The largest absolute Gasteiger partial charge is 0.399 e. The molecule has 0 aromatic heterocycles. The van der Waals surface area contributed by atoms with Crippen LogP contribution >= 0.6 is 0 Å². The normalized spacial score (nSPS) is 9.44. The Labute approximate surface area is 108 Å². The predicted molar refractivity (Wildman–Crippen MR) is 78.2 cm³/mol. The first kappa shape index (κ1) is 14.0. The van der Waals surface area contributed by atoms with Crippen molar-refractivity contribution in [3.8, 4) is 11.1 Å². The van der Waals surface area contributed by atoms with Crippen LogP contribution < -0.4 is 5.73 Å². The fraction of sp³-hybridized carbons (Fsp3) is 0.125. The van der Waals surface area contributed by atoms with Gasteiger partial charge >= 0.3 is 0 Å². The summed E-state index contributed by atoms with van der Waals surface area (Å²) in [5.74, 6) is 0. The second-order valence-corrected chi connectivity index (χ2v) is 3.93. The molecule has 0 spiro atoms. The second-order valence-electron chi connectivity index (χ2n) is 3.93. The summed E-state index contributed by atoms with van der Waals surface area (Å²) in [6.45, 7) is 8.13. The van der Waals surface area contributed by atoms with Gasteiger partial charge in [0.05, 0.1) is 6.61 Å². The second kappa shape index (κ2) is 6.62. The molecule has 2 aromatic rings. The molecule has 2 aromatic carbocycles. The monoisotopic (exact) mass is 241 g/mol. The number of nitrogen functional groups attached to an aromatic ring is 1. The molecule has 0 fully saturated rings. The van der Waals surface area contributed by atoms with Crippen LogP contribution in [0, 0.1) is 6.92 Å². The highest BCUT2D eigenvalue weighted by molar-refractivity contribution is 5.69. The van der Waals surface area contributed by atoms with Crippen LogP contribution in [0.4, 0.5) is 5.69 Å². The van der Waals surface area contributed by atoms with Crippen molar-refractivity contribution in [3.63, 3.8) is 0 Å². The highest BCUT2D eigenvalue weighted by atomic mass is 16.3. The van der Waals surface area contributed by atoms with Gasteiger partial charge in [-0.3, -0.25) is 0 Å². The van der Waals surface area contributed by atoms with Gasteiger partial charge in [-0.15, -0.1) is 13.2 Å². The third-order valence-electron chi connectivity index (χ3n) is 2.71. The number of aliphatic hydroxyl groups excluding tert-OH is 1. The van der Waals surface area contributed by atoms with Gasteiger partial charge in [0.2, 0.25) is 0 Å². The smallest absolute Gasteiger partial charge is 0.0682 e. The van der Waals surface area contributed by atoms with E-state index in [1.54, 1.807) is 0 Å². The fourth-order valence-corrected chi connectivity index (χ4v) is 1.74. The Morgan fingerprint density at radius 2 is 1.67 bits per heavy atom. The van der Waals surface area contributed by atoms with Gasteiger partial charge in [0.25, 0.3) is 0 Å². The van der Waals surface area contributed by atoms with Crippen molar-refractivity contribution in [1.29, 1.82) is 0 Å². The van der Waals surface area contributed by atoms with Crippen molar-refractivity contribution in [2.24, 2.45) is 0 Å². The molecule has 3 N–H and O–H groups in total. The van der Waals surface area contributed by atoms with Crippen molar-refractivity contribution >= 4 is 5.69 Å². The Balaban J connectivity index is 0.000000771. The van der Waals surface area contributed by atoms with Crippen LogP contribution in [0.15, 0.2) is 55.6 Å². The molecular formula is C16H19NO. The van der Waals surface area contributed by atoms with E-state index in [4.69, 9.17) is 10.8 Å². The lowest BCUT2D eigenvalue weighted by Gasteiger charge is -2.08. The molecule has 0 aliphatic carbocycles. The molecular weight excluding hydrogens is 222 g/mol. The lowest BCUT2D eigenvalue weighted by atomic mass is 9.98. The molecule has 2 rings (SSSR count). The molecule has 18 heavy (non-hydrogen) atoms. The minimum absolute atomic E-state index is 0.0717. The van der Waals surface area contributed by atoms with E-state index in [9.17, 15) is 0 Å². The van der Waals surface area contributed by atoms with Gasteiger partial charge in [-0.1, -0.05) is 24.3 Å². The summed E-state index contributed by atoms with van der Waals surface area (Å²) in [6.07, 6.45) is 0. The van der Waals surface area contributed by atoms with Crippen molar-refractivity contribution < 1.29 is 5.11 Å². The third-order valence-corrected chi connectivity index (χ3v) is 2.71. The maximum Gasteiger partial charge on any atom is 0.0682 e. The first-order valence-electron chi connectivity index (χ1n) is 5.77. The molecule has 0 bridgehead atoms. The molecule has 0 aliphatic rings. The Kier molecular flexibility index (Phi) is 5.15. The molecule has 0 heterocycles. The van der Waals surface area contributed by atoms with Crippen molar-refractivity contribution in [2.45, 2.75) is 13.5 Å². The molecule has 0 saturated carbocycles. The zero-order chi connectivity index (χ0) is 13.5. The first-order chi connectivity index (χ1) is 8.70. The Morgan fingerprint density at radius 1 is 1.06 bits per heavy atom. The maximum atomic E-state index is 9.12. The molecule has 0 radical (unpaired) electrons. The van der Waals surface area contributed by atoms with Crippen molar-refractivity contribution in [2.75, 3.05) is 5.73 Å². The topological polar surface area (TPSA) is 46.2 Å². The van der Waals surface area contributed by atoms with E-state index in [1.165, 1.54) is 5.56 Å². The average Bonchev–Trinajstić information content (AvgIpc) is 2.43. The molecule has 94 valence electrons. The standard InChI is InChI=1S/C14H15NO.C2H4/c1-10-2-3-11(9-16)8-14(10)12-4-6-13(15)7-5-12;1-2/h2-8,16H,9,15H2,1H3;1-2H2. The number of rotatable bonds is 2. The van der Waals surface area contributed by atoms with Gasteiger partial charge in [0.1, 0.15) is 0 Å². The average molecular weight is 241 g/mol. The van der Waals surface area contributed by atoms with Crippen molar-refractivity contribution in [3.05, 3.63) is 66.7 Å². The van der Waals surface area contributed by atoms with Crippen LogP contribution in [0.1, 0.15) is 11.1 Å². The summed E-state index contributed by atoms with van der Waals surface area (Å²) in [7, 11) is 0. The summed E-state index contributed by atoms with van der Waals surface area (Å²) in [5, 5.41) is 9.12. The SMILES string of the molecule is C=C.Cc1ccc(CO)cc1-c1ccc(N)cc1. The molecule has 0 amide bonds. The summed E-state index contributed by atoms with van der Waals surface area (Å²) in [6, 6.07) is 13.8. The van der Waals surface area contributed by atoms with Gasteiger partial charge in [-0.05, 0) is 47.4 Å². The Hall–Kier alpha value is -2.06. The van der Waals surface area contributed by atoms with Crippen LogP contribution in [-0.2, 0) is 6.61 Å². The molecule has 2 heteroatoms. The third kappa shape index (κ3) is 3.22. The van der Waals surface area contributed by atoms with Crippen LogP contribution in [0.25, 0.3) is 11.1 Å². The van der Waals surface area contributed by atoms with Gasteiger partial charge in [0.15, 0.2) is 0 Å². The number of nitrogens with two attached hydrogens (primary N) is 1. The van der Waals surface area contributed by atoms with Crippen LogP contribution in [-0.4, -0.2) is 5.11 Å². The lowest BCUT2D eigenvalue weighted by molar-refractivity contribution is 0.282. The van der Waals surface area contributed by atoms with Crippen LogP contribution in [0.3, 0.4) is 0 Å². The van der Waals surface area contributed by atoms with E-state index in [2.05, 4.69) is 20.1 Å². The van der Waals surface area contributed by atoms with Crippen LogP contribution in [0.5, 0.6) is 0 Å². The molecule has 0 atom stereocenters. The summed E-state index contributed by atoms with van der Waals surface area (Å²) in [5.41, 5.74) is 10.8. The summed E-state index contributed by atoms with van der Waals surface area (Å²) in [4.78, 5) is 0. The fourth-order valence-electron chi connectivity index (χ4n) is 1.74. The summed E-state index contributed by atoms with van der Waals surface area (Å²) < 4.78 is 0. The van der Waals surface area contributed by atoms with E-state index < -0.39 is 0 Å². The number of hydrogen-bond donors (Lipinski definition) is 2. The highest BCUT2D eigenvalue weighted by Gasteiger charge is 2.02. The molecule has 0 saturated heterocycles. The Bertz CT molecular complexity index is 503. The van der Waals surface area contributed by atoms with E-state index in [-0.39, 0.29) is 6.61 Å². The highest BCUT2D eigenvalue weighted by Crippen LogP contribution is 2.25.